The van der Waals surface area contributed by atoms with Gasteiger partial charge in [0, 0.05) is 34.1 Å². The molecule has 4 nitrogen and oxygen atoms in total. The first-order valence-electron chi connectivity index (χ1n) is 16.8. The van der Waals surface area contributed by atoms with Gasteiger partial charge in [0.05, 0.1) is 23.3 Å². The molecule has 0 saturated heterocycles. The second-order valence-electron chi connectivity index (χ2n) is 12.8. The van der Waals surface area contributed by atoms with Gasteiger partial charge >= 0.3 is 0 Å². The summed E-state index contributed by atoms with van der Waals surface area (Å²) in [7, 11) is 0. The van der Waals surface area contributed by atoms with Crippen LogP contribution in [0.1, 0.15) is 11.1 Å². The number of hydrogen-bond donors (Lipinski definition) is 0. The SMILES string of the molecule is N#Cc1ccc(B2c3ccccc3N(c3ccccc3)c3cc4c(cc32)B(c2ccc(C#N)cc2)c2ccccc2N4c2ccccc2)cc1. The molecule has 9 rings (SSSR count). The average molecular weight is 634 g/mol. The van der Waals surface area contributed by atoms with E-state index in [1.165, 1.54) is 21.9 Å². The molecule has 0 bridgehead atoms. The van der Waals surface area contributed by atoms with E-state index >= 15 is 0 Å². The van der Waals surface area contributed by atoms with Crippen molar-refractivity contribution in [2.45, 2.75) is 0 Å². The molecule has 230 valence electrons. The Balaban J connectivity index is 1.38. The molecule has 0 N–H and O–H groups in total. The molecule has 0 aromatic heterocycles. The van der Waals surface area contributed by atoms with E-state index in [4.69, 9.17) is 0 Å². The molecular weight excluding hydrogens is 606 g/mol. The van der Waals surface area contributed by atoms with Crippen molar-refractivity contribution in [1.29, 1.82) is 10.5 Å². The van der Waals surface area contributed by atoms with Gasteiger partial charge in [-0.25, -0.2) is 0 Å². The predicted octanol–water partition coefficient (Wildman–Crippen LogP) is 6.03. The highest BCUT2D eigenvalue weighted by atomic mass is 15.2. The van der Waals surface area contributed by atoms with Crippen LogP contribution in [-0.2, 0) is 0 Å². The number of benzene rings is 7. The normalized spacial score (nSPS) is 12.6. The standard InChI is InChI=1S/C44H28B2N4/c47-29-31-19-23-33(24-20-31)45-37-15-7-9-17-41(37)49(35-11-3-1-4-12-35)43-28-44-40(27-39(43)45)46(34-25-21-32(30-48)22-26-34)38-16-8-10-18-42(38)50(44)36-13-5-2-6-14-36/h1-28H. The van der Waals surface area contributed by atoms with Gasteiger partial charge in [0.25, 0.3) is 0 Å². The van der Waals surface area contributed by atoms with Crippen molar-refractivity contribution in [1.82, 2.24) is 0 Å². The molecule has 0 atom stereocenters. The monoisotopic (exact) mass is 634 g/mol. The fourth-order valence-electron chi connectivity index (χ4n) is 7.86. The number of fused-ring (bicyclic) bond motifs is 4. The van der Waals surface area contributed by atoms with Gasteiger partial charge in [-0.1, -0.05) is 114 Å². The van der Waals surface area contributed by atoms with Crippen LogP contribution in [0.2, 0.25) is 0 Å². The summed E-state index contributed by atoms with van der Waals surface area (Å²) in [6.45, 7) is -0.133. The highest BCUT2D eigenvalue weighted by Gasteiger charge is 2.41. The Morgan fingerprint density at radius 3 is 1.14 bits per heavy atom. The van der Waals surface area contributed by atoms with E-state index in [2.05, 4.69) is 168 Å². The molecule has 7 aromatic rings. The zero-order valence-corrected chi connectivity index (χ0v) is 27.1. The van der Waals surface area contributed by atoms with Crippen LogP contribution in [0.3, 0.4) is 0 Å². The topological polar surface area (TPSA) is 54.1 Å². The van der Waals surface area contributed by atoms with Gasteiger partial charge in [-0.05, 0) is 88.6 Å². The summed E-state index contributed by atoms with van der Waals surface area (Å²) in [5, 5.41) is 19.3. The molecule has 0 unspecified atom stereocenters. The zero-order valence-electron chi connectivity index (χ0n) is 27.1. The van der Waals surface area contributed by atoms with Crippen LogP contribution in [0.4, 0.5) is 34.1 Å². The van der Waals surface area contributed by atoms with Gasteiger partial charge in [0.15, 0.2) is 0 Å². The van der Waals surface area contributed by atoms with E-state index in [1.807, 2.05) is 24.3 Å². The first-order valence-corrected chi connectivity index (χ1v) is 16.8. The molecule has 6 heteroatoms. The molecule has 0 saturated carbocycles. The van der Waals surface area contributed by atoms with E-state index in [-0.39, 0.29) is 13.4 Å². The Kier molecular flexibility index (Phi) is 7.08. The number of rotatable bonds is 4. The fourth-order valence-corrected chi connectivity index (χ4v) is 7.86. The van der Waals surface area contributed by atoms with Gasteiger partial charge in [-0.2, -0.15) is 10.5 Å². The molecule has 50 heavy (non-hydrogen) atoms. The summed E-state index contributed by atoms with van der Waals surface area (Å²) in [6, 6.07) is 64.0. The van der Waals surface area contributed by atoms with Gasteiger partial charge < -0.3 is 9.80 Å². The Morgan fingerprint density at radius 2 is 0.740 bits per heavy atom. The van der Waals surface area contributed by atoms with Gasteiger partial charge in [0.1, 0.15) is 0 Å². The number of hydrogen-bond acceptors (Lipinski definition) is 4. The summed E-state index contributed by atoms with van der Waals surface area (Å²) in [4.78, 5) is 4.79. The fraction of sp³-hybridized carbons (Fsp3) is 0. The lowest BCUT2D eigenvalue weighted by Crippen LogP contribution is -2.62. The molecule has 0 radical (unpaired) electrons. The maximum absolute atomic E-state index is 9.64. The molecule has 0 amide bonds. The molecule has 2 aliphatic rings. The van der Waals surface area contributed by atoms with Crippen LogP contribution in [0.25, 0.3) is 0 Å². The molecule has 2 aliphatic heterocycles. The van der Waals surface area contributed by atoms with Crippen LogP contribution in [0.5, 0.6) is 0 Å². The largest absolute Gasteiger partial charge is 0.311 e. The van der Waals surface area contributed by atoms with E-state index < -0.39 is 0 Å². The minimum Gasteiger partial charge on any atom is -0.311 e. The van der Waals surface area contributed by atoms with E-state index in [0.29, 0.717) is 11.1 Å². The lowest BCUT2D eigenvalue weighted by Gasteiger charge is -2.42. The minimum absolute atomic E-state index is 0.0665. The highest BCUT2D eigenvalue weighted by Crippen LogP contribution is 2.41. The second-order valence-corrected chi connectivity index (χ2v) is 12.8. The molecule has 0 aliphatic carbocycles. The summed E-state index contributed by atoms with van der Waals surface area (Å²) < 4.78 is 0. The number of nitrogens with zero attached hydrogens (tertiary/aromatic N) is 4. The van der Waals surface area contributed by atoms with Crippen molar-refractivity contribution in [3.8, 4) is 12.1 Å². The summed E-state index contributed by atoms with van der Waals surface area (Å²) in [5.41, 5.74) is 15.0. The molecular formula is C44H28B2N4. The van der Waals surface area contributed by atoms with Crippen molar-refractivity contribution in [3.05, 3.63) is 181 Å². The van der Waals surface area contributed by atoms with Crippen molar-refractivity contribution in [3.63, 3.8) is 0 Å². The Morgan fingerprint density at radius 1 is 0.360 bits per heavy atom. The van der Waals surface area contributed by atoms with Gasteiger partial charge in [-0.15, -0.1) is 0 Å². The van der Waals surface area contributed by atoms with Crippen LogP contribution in [-0.4, -0.2) is 13.4 Å². The average Bonchev–Trinajstić information content (AvgIpc) is 3.19. The van der Waals surface area contributed by atoms with Crippen molar-refractivity contribution in [2.75, 3.05) is 9.80 Å². The first kappa shape index (κ1) is 29.4. The summed E-state index contributed by atoms with van der Waals surface area (Å²) in [5.74, 6) is 0. The van der Waals surface area contributed by atoms with E-state index in [0.717, 1.165) is 45.0 Å². The lowest BCUT2D eigenvalue weighted by molar-refractivity contribution is 1.26. The molecule has 0 spiro atoms. The quantitative estimate of drug-likeness (QED) is 0.222. The maximum atomic E-state index is 9.64. The highest BCUT2D eigenvalue weighted by molar-refractivity contribution is 7.00. The minimum atomic E-state index is -0.0665. The molecule has 2 heterocycles. The third-order valence-corrected chi connectivity index (χ3v) is 10.0. The van der Waals surface area contributed by atoms with Crippen molar-refractivity contribution in [2.24, 2.45) is 0 Å². The second kappa shape index (κ2) is 12.0. The lowest BCUT2D eigenvalue weighted by atomic mass is 9.31. The maximum Gasteiger partial charge on any atom is 0.246 e. The van der Waals surface area contributed by atoms with Crippen LogP contribution in [0.15, 0.2) is 170 Å². The van der Waals surface area contributed by atoms with Gasteiger partial charge in [0.2, 0.25) is 13.4 Å². The van der Waals surface area contributed by atoms with Crippen LogP contribution < -0.4 is 42.6 Å². The molecule has 7 aromatic carbocycles. The van der Waals surface area contributed by atoms with Crippen molar-refractivity contribution >= 4 is 80.3 Å². The molecule has 0 fully saturated rings. The van der Waals surface area contributed by atoms with Crippen LogP contribution in [0, 0.1) is 22.7 Å². The van der Waals surface area contributed by atoms with E-state index in [1.54, 1.807) is 0 Å². The third-order valence-electron chi connectivity index (χ3n) is 10.0. The zero-order chi connectivity index (χ0) is 33.6. The Labute approximate surface area is 292 Å². The Bertz CT molecular complexity index is 2300. The van der Waals surface area contributed by atoms with Crippen molar-refractivity contribution < 1.29 is 0 Å². The summed E-state index contributed by atoms with van der Waals surface area (Å²) in [6.07, 6.45) is 0. The van der Waals surface area contributed by atoms with Gasteiger partial charge in [-0.3, -0.25) is 0 Å². The number of para-hydroxylation sites is 4. The number of anilines is 6. The van der Waals surface area contributed by atoms with Crippen LogP contribution >= 0.6 is 0 Å². The predicted molar refractivity (Wildman–Crippen MR) is 207 cm³/mol. The smallest absolute Gasteiger partial charge is 0.246 e. The third kappa shape index (κ3) is 4.70. The Hall–Kier alpha value is -6.75. The van der Waals surface area contributed by atoms with E-state index in [9.17, 15) is 10.5 Å². The number of nitriles is 2. The summed E-state index contributed by atoms with van der Waals surface area (Å²) >= 11 is 0. The first-order chi connectivity index (χ1) is 24.7.